The van der Waals surface area contributed by atoms with Crippen molar-refractivity contribution in [3.8, 4) is 0 Å². The summed E-state index contributed by atoms with van der Waals surface area (Å²) in [6, 6.07) is 11.4. The van der Waals surface area contributed by atoms with Crippen molar-refractivity contribution in [3.63, 3.8) is 0 Å². The Kier molecular flexibility index (Phi) is 4.80. The summed E-state index contributed by atoms with van der Waals surface area (Å²) in [6.45, 7) is 4.19. The first kappa shape index (κ1) is 14.7. The van der Waals surface area contributed by atoms with E-state index in [1.54, 1.807) is 6.07 Å². The van der Waals surface area contributed by atoms with Gasteiger partial charge in [-0.3, -0.25) is 0 Å². The molecule has 0 amide bonds. The standard InChI is InChI=1S/C16H15Br2F/c1-10-6-7-12(8-11(10)2)9-14(18)16-13(17)4-3-5-15(16)19/h3-8,14H,9H2,1-2H3. The maximum Gasteiger partial charge on any atom is 0.128 e. The van der Waals surface area contributed by atoms with Crippen molar-refractivity contribution in [2.75, 3.05) is 0 Å². The van der Waals surface area contributed by atoms with Gasteiger partial charge in [-0.15, -0.1) is 0 Å². The largest absolute Gasteiger partial charge is 0.207 e. The normalized spacial score (nSPS) is 12.5. The number of hydrogen-bond donors (Lipinski definition) is 0. The van der Waals surface area contributed by atoms with E-state index in [0.29, 0.717) is 5.56 Å². The fraction of sp³-hybridized carbons (Fsp3) is 0.250. The van der Waals surface area contributed by atoms with Crippen LogP contribution in [0.15, 0.2) is 40.9 Å². The van der Waals surface area contributed by atoms with Crippen LogP contribution in [0.4, 0.5) is 4.39 Å². The molecular formula is C16H15Br2F. The fourth-order valence-electron chi connectivity index (χ4n) is 2.05. The van der Waals surface area contributed by atoms with Crippen LogP contribution >= 0.6 is 31.9 Å². The van der Waals surface area contributed by atoms with Crippen LogP contribution in [-0.2, 0) is 6.42 Å². The highest BCUT2D eigenvalue weighted by atomic mass is 79.9. The Balaban J connectivity index is 2.25. The molecule has 0 aliphatic heterocycles. The first-order valence-corrected chi connectivity index (χ1v) is 7.84. The predicted octanol–water partition coefficient (Wildman–Crippen LogP) is 5.88. The third kappa shape index (κ3) is 3.46. The number of aryl methyl sites for hydroxylation is 2. The maximum absolute atomic E-state index is 13.9. The third-order valence-electron chi connectivity index (χ3n) is 3.30. The van der Waals surface area contributed by atoms with Gasteiger partial charge in [-0.2, -0.15) is 0 Å². The highest BCUT2D eigenvalue weighted by Crippen LogP contribution is 2.34. The molecule has 0 N–H and O–H groups in total. The van der Waals surface area contributed by atoms with Crippen molar-refractivity contribution in [1.29, 1.82) is 0 Å². The zero-order valence-corrected chi connectivity index (χ0v) is 14.1. The van der Waals surface area contributed by atoms with Crippen LogP contribution in [0.3, 0.4) is 0 Å². The van der Waals surface area contributed by atoms with Crippen molar-refractivity contribution in [2.24, 2.45) is 0 Å². The van der Waals surface area contributed by atoms with Gasteiger partial charge in [0.15, 0.2) is 0 Å². The Labute approximate surface area is 130 Å². The first-order valence-electron chi connectivity index (χ1n) is 6.13. The Morgan fingerprint density at radius 2 is 1.84 bits per heavy atom. The molecule has 0 spiro atoms. The molecule has 2 rings (SSSR count). The number of benzene rings is 2. The van der Waals surface area contributed by atoms with Crippen LogP contribution in [-0.4, -0.2) is 0 Å². The average Bonchev–Trinajstić information content (AvgIpc) is 2.33. The molecule has 0 aliphatic carbocycles. The topological polar surface area (TPSA) is 0 Å². The first-order chi connectivity index (χ1) is 8.99. The molecular weight excluding hydrogens is 371 g/mol. The Hall–Kier alpha value is -0.670. The van der Waals surface area contributed by atoms with Gasteiger partial charge in [0.05, 0.1) is 0 Å². The summed E-state index contributed by atoms with van der Waals surface area (Å²) >= 11 is 7.01. The lowest BCUT2D eigenvalue weighted by atomic mass is 10.0. The van der Waals surface area contributed by atoms with Gasteiger partial charge in [0.25, 0.3) is 0 Å². The van der Waals surface area contributed by atoms with E-state index in [9.17, 15) is 4.39 Å². The molecule has 19 heavy (non-hydrogen) atoms. The molecule has 0 saturated heterocycles. The lowest BCUT2D eigenvalue weighted by Crippen LogP contribution is -2.00. The van der Waals surface area contributed by atoms with E-state index in [0.717, 1.165) is 10.9 Å². The van der Waals surface area contributed by atoms with E-state index >= 15 is 0 Å². The summed E-state index contributed by atoms with van der Waals surface area (Å²) in [4.78, 5) is -0.0369. The van der Waals surface area contributed by atoms with Crippen LogP contribution in [0.2, 0.25) is 0 Å². The van der Waals surface area contributed by atoms with E-state index in [2.05, 4.69) is 63.9 Å². The highest BCUT2D eigenvalue weighted by molar-refractivity contribution is 9.11. The summed E-state index contributed by atoms with van der Waals surface area (Å²) in [5.74, 6) is -0.180. The molecule has 0 heterocycles. The molecule has 0 saturated carbocycles. The molecule has 0 aromatic heterocycles. The van der Waals surface area contributed by atoms with Crippen molar-refractivity contribution >= 4 is 31.9 Å². The third-order valence-corrected chi connectivity index (χ3v) is 4.77. The maximum atomic E-state index is 13.9. The molecule has 0 aliphatic rings. The van der Waals surface area contributed by atoms with Gasteiger partial charge in [0.2, 0.25) is 0 Å². The number of alkyl halides is 1. The van der Waals surface area contributed by atoms with Gasteiger partial charge in [0.1, 0.15) is 5.82 Å². The molecule has 0 radical (unpaired) electrons. The molecule has 3 heteroatoms. The van der Waals surface area contributed by atoms with E-state index < -0.39 is 0 Å². The van der Waals surface area contributed by atoms with Crippen molar-refractivity contribution in [3.05, 3.63) is 68.9 Å². The highest BCUT2D eigenvalue weighted by Gasteiger charge is 2.16. The monoisotopic (exact) mass is 384 g/mol. The van der Waals surface area contributed by atoms with E-state index in [-0.39, 0.29) is 10.6 Å². The quantitative estimate of drug-likeness (QED) is 0.578. The van der Waals surface area contributed by atoms with E-state index in [4.69, 9.17) is 0 Å². The Morgan fingerprint density at radius 3 is 2.47 bits per heavy atom. The molecule has 0 nitrogen and oxygen atoms in total. The summed E-state index contributed by atoms with van der Waals surface area (Å²) < 4.78 is 14.7. The van der Waals surface area contributed by atoms with E-state index in [1.807, 2.05) is 6.07 Å². The van der Waals surface area contributed by atoms with Crippen LogP contribution in [0.5, 0.6) is 0 Å². The lowest BCUT2D eigenvalue weighted by Gasteiger charge is -2.14. The van der Waals surface area contributed by atoms with Crippen molar-refractivity contribution in [2.45, 2.75) is 25.1 Å². The van der Waals surface area contributed by atoms with Crippen LogP contribution in [0, 0.1) is 19.7 Å². The molecule has 1 atom stereocenters. The SMILES string of the molecule is Cc1ccc(CC(Br)c2c(F)cccc2Br)cc1C. The second kappa shape index (κ2) is 6.19. The summed E-state index contributed by atoms with van der Waals surface area (Å²) in [6.07, 6.45) is 0.765. The average molecular weight is 386 g/mol. The molecule has 1 unspecified atom stereocenters. The van der Waals surface area contributed by atoms with Gasteiger partial charge in [-0.1, -0.05) is 56.1 Å². The minimum atomic E-state index is -0.180. The Bertz CT molecular complexity index is 573. The fourth-order valence-corrected chi connectivity index (χ4v) is 3.81. The summed E-state index contributed by atoms with van der Waals surface area (Å²) in [7, 11) is 0. The van der Waals surface area contributed by atoms with Gasteiger partial charge in [-0.05, 0) is 49.1 Å². The number of hydrogen-bond acceptors (Lipinski definition) is 0. The minimum Gasteiger partial charge on any atom is -0.207 e. The van der Waals surface area contributed by atoms with Crippen molar-refractivity contribution in [1.82, 2.24) is 0 Å². The second-order valence-electron chi connectivity index (χ2n) is 4.73. The number of rotatable bonds is 3. The van der Waals surface area contributed by atoms with Crippen LogP contribution < -0.4 is 0 Å². The van der Waals surface area contributed by atoms with Crippen LogP contribution in [0.1, 0.15) is 27.1 Å². The smallest absolute Gasteiger partial charge is 0.128 e. The summed E-state index contributed by atoms with van der Waals surface area (Å²) in [5, 5.41) is 0. The predicted molar refractivity (Wildman–Crippen MR) is 85.4 cm³/mol. The molecule has 100 valence electrons. The molecule has 2 aromatic carbocycles. The molecule has 2 aromatic rings. The van der Waals surface area contributed by atoms with Gasteiger partial charge < -0.3 is 0 Å². The van der Waals surface area contributed by atoms with Gasteiger partial charge in [0, 0.05) is 14.9 Å². The van der Waals surface area contributed by atoms with Crippen LogP contribution in [0.25, 0.3) is 0 Å². The van der Waals surface area contributed by atoms with Gasteiger partial charge >= 0.3 is 0 Å². The van der Waals surface area contributed by atoms with Crippen molar-refractivity contribution < 1.29 is 4.39 Å². The Morgan fingerprint density at radius 1 is 1.11 bits per heavy atom. The lowest BCUT2D eigenvalue weighted by molar-refractivity contribution is 0.606. The molecule has 0 fully saturated rings. The number of halogens is 3. The zero-order chi connectivity index (χ0) is 14.0. The summed E-state index contributed by atoms with van der Waals surface area (Å²) in [5.41, 5.74) is 4.44. The van der Waals surface area contributed by atoms with Gasteiger partial charge in [-0.25, -0.2) is 4.39 Å². The van der Waals surface area contributed by atoms with E-state index in [1.165, 1.54) is 22.8 Å². The minimum absolute atomic E-state index is 0.0369. The second-order valence-corrected chi connectivity index (χ2v) is 6.69. The molecule has 0 bridgehead atoms. The zero-order valence-electron chi connectivity index (χ0n) is 10.9.